The highest BCUT2D eigenvalue weighted by molar-refractivity contribution is 9.10. The Bertz CT molecular complexity index is 377. The van der Waals surface area contributed by atoms with Crippen molar-refractivity contribution in [2.45, 2.75) is 26.3 Å². The number of fused-ring (bicyclic) bond motifs is 1. The minimum atomic E-state index is -0.130. The molecule has 0 N–H and O–H groups in total. The number of carbonyl (C=O) groups is 1. The SMILES string of the molecule is CCOC(=O)C1CCc2c(Br)nnn2C1. The number of carbonyl (C=O) groups excluding carboxylic acids is 1. The van der Waals surface area contributed by atoms with Crippen LogP contribution in [-0.4, -0.2) is 27.6 Å². The molecule has 15 heavy (non-hydrogen) atoms. The van der Waals surface area contributed by atoms with Gasteiger partial charge < -0.3 is 4.74 Å². The Morgan fingerprint density at radius 2 is 2.53 bits per heavy atom. The molecule has 0 fully saturated rings. The van der Waals surface area contributed by atoms with E-state index >= 15 is 0 Å². The molecular weight excluding hydrogens is 262 g/mol. The first kappa shape index (κ1) is 10.6. The van der Waals surface area contributed by atoms with Gasteiger partial charge in [-0.05, 0) is 35.7 Å². The third-order valence-electron chi connectivity index (χ3n) is 2.53. The lowest BCUT2D eigenvalue weighted by atomic mass is 9.99. The number of ether oxygens (including phenoxy) is 1. The molecule has 1 atom stereocenters. The lowest BCUT2D eigenvalue weighted by Crippen LogP contribution is -2.28. The molecule has 1 aliphatic rings. The summed E-state index contributed by atoms with van der Waals surface area (Å²) in [6.07, 6.45) is 1.63. The highest BCUT2D eigenvalue weighted by Crippen LogP contribution is 2.24. The minimum absolute atomic E-state index is 0.0777. The van der Waals surface area contributed by atoms with Gasteiger partial charge in [-0.15, -0.1) is 5.10 Å². The monoisotopic (exact) mass is 273 g/mol. The van der Waals surface area contributed by atoms with Gasteiger partial charge in [0, 0.05) is 0 Å². The summed E-state index contributed by atoms with van der Waals surface area (Å²) in [7, 11) is 0. The highest BCUT2D eigenvalue weighted by atomic mass is 79.9. The van der Waals surface area contributed by atoms with E-state index in [1.807, 2.05) is 6.92 Å². The number of halogens is 1. The molecule has 0 spiro atoms. The van der Waals surface area contributed by atoms with Gasteiger partial charge in [-0.25, -0.2) is 4.68 Å². The van der Waals surface area contributed by atoms with E-state index in [4.69, 9.17) is 4.74 Å². The molecule has 2 heterocycles. The van der Waals surface area contributed by atoms with Gasteiger partial charge in [0.2, 0.25) is 0 Å². The quantitative estimate of drug-likeness (QED) is 0.759. The fraction of sp³-hybridized carbons (Fsp3) is 0.667. The Morgan fingerprint density at radius 3 is 3.27 bits per heavy atom. The molecule has 1 aromatic rings. The van der Waals surface area contributed by atoms with Crippen LogP contribution in [0.5, 0.6) is 0 Å². The molecule has 2 rings (SSSR count). The van der Waals surface area contributed by atoms with Gasteiger partial charge in [0.05, 0.1) is 24.8 Å². The maximum Gasteiger partial charge on any atom is 0.310 e. The number of nitrogens with zero attached hydrogens (tertiary/aromatic N) is 3. The van der Waals surface area contributed by atoms with Crippen molar-refractivity contribution in [2.75, 3.05) is 6.61 Å². The van der Waals surface area contributed by atoms with Crippen LogP contribution >= 0.6 is 15.9 Å². The van der Waals surface area contributed by atoms with E-state index in [-0.39, 0.29) is 11.9 Å². The van der Waals surface area contributed by atoms with E-state index in [9.17, 15) is 4.79 Å². The predicted molar refractivity (Wildman–Crippen MR) is 56.2 cm³/mol. The Morgan fingerprint density at radius 1 is 1.73 bits per heavy atom. The number of rotatable bonds is 2. The third-order valence-corrected chi connectivity index (χ3v) is 3.15. The average Bonchev–Trinajstić information content (AvgIpc) is 2.60. The van der Waals surface area contributed by atoms with Gasteiger partial charge in [0.25, 0.3) is 0 Å². The van der Waals surface area contributed by atoms with Crippen molar-refractivity contribution in [3.63, 3.8) is 0 Å². The fourth-order valence-corrected chi connectivity index (χ4v) is 2.23. The van der Waals surface area contributed by atoms with Crippen molar-refractivity contribution >= 4 is 21.9 Å². The Hall–Kier alpha value is -0.910. The number of esters is 1. The largest absolute Gasteiger partial charge is 0.466 e. The summed E-state index contributed by atoms with van der Waals surface area (Å²) in [6, 6.07) is 0. The molecule has 1 unspecified atom stereocenters. The average molecular weight is 274 g/mol. The van der Waals surface area contributed by atoms with Crippen LogP contribution < -0.4 is 0 Å². The second kappa shape index (κ2) is 4.30. The summed E-state index contributed by atoms with van der Waals surface area (Å²) >= 11 is 3.33. The molecule has 5 nitrogen and oxygen atoms in total. The van der Waals surface area contributed by atoms with Gasteiger partial charge >= 0.3 is 5.97 Å². The van der Waals surface area contributed by atoms with Crippen molar-refractivity contribution < 1.29 is 9.53 Å². The lowest BCUT2D eigenvalue weighted by Gasteiger charge is -2.21. The van der Waals surface area contributed by atoms with Crippen LogP contribution in [-0.2, 0) is 22.5 Å². The molecule has 0 saturated carbocycles. The van der Waals surface area contributed by atoms with E-state index in [0.717, 1.165) is 23.1 Å². The minimum Gasteiger partial charge on any atom is -0.466 e. The second-order valence-corrected chi connectivity index (χ2v) is 4.25. The van der Waals surface area contributed by atoms with E-state index in [0.29, 0.717) is 13.2 Å². The standard InChI is InChI=1S/C9H12BrN3O2/c1-2-15-9(14)6-3-4-7-8(10)11-12-13(7)5-6/h6H,2-5H2,1H3. The third kappa shape index (κ3) is 2.04. The molecule has 0 aliphatic carbocycles. The van der Waals surface area contributed by atoms with Crippen LogP contribution in [0, 0.1) is 5.92 Å². The van der Waals surface area contributed by atoms with Crippen LogP contribution in [0.4, 0.5) is 0 Å². The molecule has 6 heteroatoms. The van der Waals surface area contributed by atoms with E-state index in [1.165, 1.54) is 0 Å². The first-order chi connectivity index (χ1) is 7.22. The number of aromatic nitrogens is 3. The zero-order valence-electron chi connectivity index (χ0n) is 8.44. The Balaban J connectivity index is 2.09. The molecule has 0 saturated heterocycles. The topological polar surface area (TPSA) is 57.0 Å². The van der Waals surface area contributed by atoms with Gasteiger partial charge in [-0.1, -0.05) is 5.21 Å². The summed E-state index contributed by atoms with van der Waals surface area (Å²) in [6.45, 7) is 2.83. The predicted octanol–water partition coefficient (Wildman–Crippen LogP) is 1.17. The van der Waals surface area contributed by atoms with Crippen LogP contribution in [0.3, 0.4) is 0 Å². The van der Waals surface area contributed by atoms with Crippen molar-refractivity contribution in [1.29, 1.82) is 0 Å². The molecule has 0 amide bonds. The van der Waals surface area contributed by atoms with Crippen molar-refractivity contribution in [1.82, 2.24) is 15.0 Å². The van der Waals surface area contributed by atoms with Gasteiger partial charge in [-0.2, -0.15) is 0 Å². The summed E-state index contributed by atoms with van der Waals surface area (Å²) in [4.78, 5) is 11.5. The maximum atomic E-state index is 11.5. The molecule has 0 radical (unpaired) electrons. The van der Waals surface area contributed by atoms with Crippen LogP contribution in [0.1, 0.15) is 19.0 Å². The van der Waals surface area contributed by atoms with E-state index in [1.54, 1.807) is 4.68 Å². The number of hydrogen-bond donors (Lipinski definition) is 0. The lowest BCUT2D eigenvalue weighted by molar-refractivity contribution is -0.149. The van der Waals surface area contributed by atoms with Gasteiger partial charge in [0.15, 0.2) is 4.60 Å². The fourth-order valence-electron chi connectivity index (χ4n) is 1.75. The first-order valence-corrected chi connectivity index (χ1v) is 5.76. The normalized spacial score (nSPS) is 19.7. The van der Waals surface area contributed by atoms with Gasteiger partial charge in [0.1, 0.15) is 0 Å². The summed E-state index contributed by atoms with van der Waals surface area (Å²) in [5, 5.41) is 7.88. The molecule has 82 valence electrons. The van der Waals surface area contributed by atoms with Crippen LogP contribution in [0.2, 0.25) is 0 Å². The maximum absolute atomic E-state index is 11.5. The van der Waals surface area contributed by atoms with E-state index in [2.05, 4.69) is 26.2 Å². The molecule has 0 bridgehead atoms. The first-order valence-electron chi connectivity index (χ1n) is 4.97. The molecule has 0 aromatic carbocycles. The van der Waals surface area contributed by atoms with E-state index < -0.39 is 0 Å². The Kier molecular flexibility index (Phi) is 3.04. The van der Waals surface area contributed by atoms with Gasteiger partial charge in [-0.3, -0.25) is 4.79 Å². The van der Waals surface area contributed by atoms with Crippen LogP contribution in [0.15, 0.2) is 4.60 Å². The molecule has 1 aliphatic heterocycles. The highest BCUT2D eigenvalue weighted by Gasteiger charge is 2.27. The summed E-state index contributed by atoms with van der Waals surface area (Å²) < 4.78 is 7.55. The summed E-state index contributed by atoms with van der Waals surface area (Å²) in [5.74, 6) is -0.208. The zero-order chi connectivity index (χ0) is 10.8. The van der Waals surface area contributed by atoms with Crippen molar-refractivity contribution in [2.24, 2.45) is 5.92 Å². The second-order valence-electron chi connectivity index (χ2n) is 3.50. The smallest absolute Gasteiger partial charge is 0.310 e. The molecule has 1 aromatic heterocycles. The Labute approximate surface area is 95.9 Å². The zero-order valence-corrected chi connectivity index (χ0v) is 10.0. The van der Waals surface area contributed by atoms with Crippen molar-refractivity contribution in [3.05, 3.63) is 10.3 Å². The molecular formula is C9H12BrN3O2. The van der Waals surface area contributed by atoms with Crippen molar-refractivity contribution in [3.8, 4) is 0 Å². The van der Waals surface area contributed by atoms with Crippen LogP contribution in [0.25, 0.3) is 0 Å². The summed E-state index contributed by atoms with van der Waals surface area (Å²) in [5.41, 5.74) is 1.07. The number of hydrogen-bond acceptors (Lipinski definition) is 4.